The molecule has 0 N–H and O–H groups in total. The van der Waals surface area contributed by atoms with Crippen molar-refractivity contribution in [3.63, 3.8) is 0 Å². The molecule has 1 heterocycles. The quantitative estimate of drug-likeness (QED) is 0.160. The Hall–Kier alpha value is -7.42. The highest BCUT2D eigenvalue weighted by molar-refractivity contribution is 6.15. The number of fused-ring (bicyclic) bond motifs is 7. The van der Waals surface area contributed by atoms with Crippen molar-refractivity contribution < 1.29 is 4.42 Å². The minimum atomic E-state index is 0.865. The Kier molecular flexibility index (Phi) is 7.53. The molecule has 0 aliphatic heterocycles. The maximum atomic E-state index is 6.45. The predicted octanol–water partition coefficient (Wildman–Crippen LogP) is 15.5. The van der Waals surface area contributed by atoms with Crippen LogP contribution in [0.15, 0.2) is 217 Å². The number of furan rings is 1. The van der Waals surface area contributed by atoms with E-state index in [1.165, 1.54) is 49.0 Å². The van der Waals surface area contributed by atoms with E-state index in [4.69, 9.17) is 4.42 Å². The SMILES string of the molecule is c1cc(-c2ccc(-c3cccc4c3ccc3ccccc34)cc2)cc(N(c2ccccc2-c2cccc3ccccc23)c2cccc3oc4ccccc4c23)c1. The molecule has 11 rings (SSSR count). The highest BCUT2D eigenvalue weighted by Crippen LogP contribution is 2.47. The summed E-state index contributed by atoms with van der Waals surface area (Å²) in [5.41, 5.74) is 12.1. The maximum Gasteiger partial charge on any atom is 0.137 e. The first-order chi connectivity index (χ1) is 27.8. The van der Waals surface area contributed by atoms with E-state index in [-0.39, 0.29) is 0 Å². The standard InChI is InChI=1S/C54H35NO/c1-3-18-42-37(13-1)15-10-23-46(42)48-20-5-7-25-50(48)55(51-26-12-28-53-54(51)49-21-6-8-27-52(49)56-53)41-17-9-16-40(35-41)36-29-31-39(32-30-36)44-22-11-24-45-43-19-4-2-14-38(43)33-34-47(44)45/h1-35H. The fourth-order valence-electron chi connectivity index (χ4n) is 8.67. The number of benzene rings is 10. The van der Waals surface area contributed by atoms with Crippen LogP contribution < -0.4 is 4.90 Å². The molecule has 262 valence electrons. The zero-order valence-electron chi connectivity index (χ0n) is 30.6. The van der Waals surface area contributed by atoms with Crippen molar-refractivity contribution in [2.45, 2.75) is 0 Å². The molecule has 11 aromatic rings. The lowest BCUT2D eigenvalue weighted by Gasteiger charge is -2.29. The van der Waals surface area contributed by atoms with Crippen LogP contribution in [-0.4, -0.2) is 0 Å². The van der Waals surface area contributed by atoms with Crippen LogP contribution in [-0.2, 0) is 0 Å². The number of hydrogen-bond acceptors (Lipinski definition) is 2. The van der Waals surface area contributed by atoms with E-state index in [2.05, 4.69) is 211 Å². The Bertz CT molecular complexity index is 3260. The molecule has 0 aliphatic rings. The van der Waals surface area contributed by atoms with Crippen LogP contribution in [0.3, 0.4) is 0 Å². The van der Waals surface area contributed by atoms with Gasteiger partial charge in [0.2, 0.25) is 0 Å². The van der Waals surface area contributed by atoms with E-state index in [9.17, 15) is 0 Å². The van der Waals surface area contributed by atoms with Gasteiger partial charge in [0.25, 0.3) is 0 Å². The van der Waals surface area contributed by atoms with Gasteiger partial charge in [0.15, 0.2) is 0 Å². The van der Waals surface area contributed by atoms with E-state index in [0.29, 0.717) is 0 Å². The molecular weight excluding hydrogens is 679 g/mol. The topological polar surface area (TPSA) is 16.4 Å². The molecular formula is C54H35NO. The summed E-state index contributed by atoms with van der Waals surface area (Å²) in [6.45, 7) is 0. The molecule has 0 radical (unpaired) electrons. The van der Waals surface area contributed by atoms with Crippen molar-refractivity contribution in [2.75, 3.05) is 4.90 Å². The van der Waals surface area contributed by atoms with Crippen molar-refractivity contribution >= 4 is 71.3 Å². The first kappa shape index (κ1) is 32.0. The van der Waals surface area contributed by atoms with E-state index in [1.54, 1.807) is 0 Å². The largest absolute Gasteiger partial charge is 0.456 e. The van der Waals surface area contributed by atoms with Crippen LogP contribution in [0.5, 0.6) is 0 Å². The van der Waals surface area contributed by atoms with Gasteiger partial charge < -0.3 is 9.32 Å². The number of rotatable bonds is 6. The number of nitrogens with zero attached hydrogens (tertiary/aromatic N) is 1. The monoisotopic (exact) mass is 713 g/mol. The average molecular weight is 714 g/mol. The van der Waals surface area contributed by atoms with Crippen LogP contribution >= 0.6 is 0 Å². The van der Waals surface area contributed by atoms with Gasteiger partial charge in [-0.05, 0) is 96.5 Å². The molecule has 1 aromatic heterocycles. The summed E-state index contributed by atoms with van der Waals surface area (Å²) in [5, 5.41) is 9.72. The second kappa shape index (κ2) is 13.2. The third-order valence-electron chi connectivity index (χ3n) is 11.3. The number of para-hydroxylation sites is 2. The van der Waals surface area contributed by atoms with Crippen LogP contribution in [0.2, 0.25) is 0 Å². The predicted molar refractivity (Wildman–Crippen MR) is 237 cm³/mol. The van der Waals surface area contributed by atoms with Gasteiger partial charge in [-0.3, -0.25) is 0 Å². The second-order valence-electron chi connectivity index (χ2n) is 14.4. The fourth-order valence-corrected chi connectivity index (χ4v) is 8.67. The fraction of sp³-hybridized carbons (Fsp3) is 0. The molecule has 2 heteroatoms. The van der Waals surface area contributed by atoms with E-state index >= 15 is 0 Å². The van der Waals surface area contributed by atoms with Crippen molar-refractivity contribution in [3.8, 4) is 33.4 Å². The molecule has 10 aromatic carbocycles. The lowest BCUT2D eigenvalue weighted by atomic mass is 9.93. The molecule has 0 fully saturated rings. The maximum absolute atomic E-state index is 6.45. The lowest BCUT2D eigenvalue weighted by Crippen LogP contribution is -2.11. The molecule has 0 saturated heterocycles. The Morgan fingerprint density at radius 1 is 0.304 bits per heavy atom. The molecule has 0 spiro atoms. The summed E-state index contributed by atoms with van der Waals surface area (Å²) in [5.74, 6) is 0. The minimum Gasteiger partial charge on any atom is -0.456 e. The molecule has 0 amide bonds. The summed E-state index contributed by atoms with van der Waals surface area (Å²) in [7, 11) is 0. The summed E-state index contributed by atoms with van der Waals surface area (Å²) in [6, 6.07) is 76.5. The van der Waals surface area contributed by atoms with Gasteiger partial charge in [-0.25, -0.2) is 0 Å². The third kappa shape index (κ3) is 5.26. The summed E-state index contributed by atoms with van der Waals surface area (Å²) < 4.78 is 6.45. The third-order valence-corrected chi connectivity index (χ3v) is 11.3. The highest BCUT2D eigenvalue weighted by Gasteiger charge is 2.23. The van der Waals surface area contributed by atoms with E-state index < -0.39 is 0 Å². The van der Waals surface area contributed by atoms with Gasteiger partial charge in [-0.15, -0.1) is 0 Å². The lowest BCUT2D eigenvalue weighted by molar-refractivity contribution is 0.669. The molecule has 56 heavy (non-hydrogen) atoms. The first-order valence-corrected chi connectivity index (χ1v) is 19.2. The average Bonchev–Trinajstić information content (AvgIpc) is 3.66. The molecule has 0 bridgehead atoms. The van der Waals surface area contributed by atoms with Crippen molar-refractivity contribution in [1.82, 2.24) is 0 Å². The van der Waals surface area contributed by atoms with Gasteiger partial charge in [0, 0.05) is 16.6 Å². The smallest absolute Gasteiger partial charge is 0.137 e. The number of anilines is 3. The molecule has 0 atom stereocenters. The van der Waals surface area contributed by atoms with E-state index in [1.807, 2.05) is 6.07 Å². The van der Waals surface area contributed by atoms with Crippen LogP contribution in [0, 0.1) is 0 Å². The summed E-state index contributed by atoms with van der Waals surface area (Å²) in [4.78, 5) is 2.42. The van der Waals surface area contributed by atoms with Gasteiger partial charge in [-0.1, -0.05) is 176 Å². The minimum absolute atomic E-state index is 0.865. The van der Waals surface area contributed by atoms with Crippen LogP contribution in [0.25, 0.3) is 87.6 Å². The molecule has 0 aliphatic carbocycles. The van der Waals surface area contributed by atoms with Crippen LogP contribution in [0.1, 0.15) is 0 Å². The Labute approximate surface area is 325 Å². The van der Waals surface area contributed by atoms with Crippen molar-refractivity contribution in [2.24, 2.45) is 0 Å². The molecule has 2 nitrogen and oxygen atoms in total. The van der Waals surface area contributed by atoms with Gasteiger partial charge in [-0.2, -0.15) is 0 Å². The van der Waals surface area contributed by atoms with Gasteiger partial charge in [0.05, 0.1) is 16.8 Å². The second-order valence-corrected chi connectivity index (χ2v) is 14.4. The first-order valence-electron chi connectivity index (χ1n) is 19.2. The van der Waals surface area contributed by atoms with E-state index in [0.717, 1.165) is 55.7 Å². The summed E-state index contributed by atoms with van der Waals surface area (Å²) in [6.07, 6.45) is 0. The van der Waals surface area contributed by atoms with Crippen molar-refractivity contribution in [3.05, 3.63) is 212 Å². The summed E-state index contributed by atoms with van der Waals surface area (Å²) >= 11 is 0. The van der Waals surface area contributed by atoms with Crippen LogP contribution in [0.4, 0.5) is 17.1 Å². The normalized spacial score (nSPS) is 11.6. The zero-order valence-corrected chi connectivity index (χ0v) is 30.6. The Morgan fingerprint density at radius 2 is 0.893 bits per heavy atom. The van der Waals surface area contributed by atoms with Crippen molar-refractivity contribution in [1.29, 1.82) is 0 Å². The Morgan fingerprint density at radius 3 is 1.79 bits per heavy atom. The van der Waals surface area contributed by atoms with Gasteiger partial charge >= 0.3 is 0 Å². The highest BCUT2D eigenvalue weighted by atomic mass is 16.3. The molecule has 0 saturated carbocycles. The zero-order chi connectivity index (χ0) is 37.0. The molecule has 0 unspecified atom stereocenters. The van der Waals surface area contributed by atoms with Gasteiger partial charge in [0.1, 0.15) is 11.2 Å². The Balaban J connectivity index is 1.07. The number of hydrogen-bond donors (Lipinski definition) is 0.